The van der Waals surface area contributed by atoms with Gasteiger partial charge in [0.15, 0.2) is 0 Å². The predicted octanol–water partition coefficient (Wildman–Crippen LogP) is -0.594. The molecule has 0 aromatic carbocycles. The van der Waals surface area contributed by atoms with Crippen molar-refractivity contribution >= 4 is 9.84 Å². The van der Waals surface area contributed by atoms with E-state index in [4.69, 9.17) is 10.5 Å². The third-order valence-corrected chi connectivity index (χ3v) is 4.29. The molecule has 0 fully saturated rings. The summed E-state index contributed by atoms with van der Waals surface area (Å²) in [5.74, 6) is 0.539. The SMILES string of the molecule is CCS(=O)(=O)CCCn1ncc(OCCN)cc1=O. The maximum absolute atomic E-state index is 11.7. The number of sulfone groups is 1. The van der Waals surface area contributed by atoms with Gasteiger partial charge in [-0.2, -0.15) is 5.10 Å². The van der Waals surface area contributed by atoms with Crippen molar-refractivity contribution in [2.75, 3.05) is 24.7 Å². The van der Waals surface area contributed by atoms with Gasteiger partial charge in [-0.25, -0.2) is 13.1 Å². The topological polar surface area (TPSA) is 104 Å². The Kier molecular flexibility index (Phi) is 5.97. The van der Waals surface area contributed by atoms with Crippen LogP contribution in [0.25, 0.3) is 0 Å². The summed E-state index contributed by atoms with van der Waals surface area (Å²) >= 11 is 0. The van der Waals surface area contributed by atoms with E-state index in [0.717, 1.165) is 0 Å². The van der Waals surface area contributed by atoms with Gasteiger partial charge >= 0.3 is 0 Å². The molecule has 8 heteroatoms. The zero-order chi connectivity index (χ0) is 14.3. The second kappa shape index (κ2) is 7.25. The molecule has 1 rings (SSSR count). The molecular formula is C11H19N3O4S. The second-order valence-corrected chi connectivity index (χ2v) is 6.45. The summed E-state index contributed by atoms with van der Waals surface area (Å²) in [6.07, 6.45) is 1.79. The number of nitrogens with two attached hydrogens (primary N) is 1. The van der Waals surface area contributed by atoms with Gasteiger partial charge in [-0.05, 0) is 6.42 Å². The standard InChI is InChI=1S/C11H19N3O4S/c1-2-19(16,17)7-3-5-14-11(15)8-10(9-13-14)18-6-4-12/h8-9H,2-7,12H2,1H3. The number of rotatable bonds is 8. The number of hydrogen-bond acceptors (Lipinski definition) is 6. The van der Waals surface area contributed by atoms with E-state index in [9.17, 15) is 13.2 Å². The molecule has 108 valence electrons. The first-order valence-corrected chi connectivity index (χ1v) is 7.91. The van der Waals surface area contributed by atoms with Crippen molar-refractivity contribution in [2.24, 2.45) is 5.73 Å². The Morgan fingerprint density at radius 1 is 1.47 bits per heavy atom. The van der Waals surface area contributed by atoms with Crippen LogP contribution in [0, 0.1) is 0 Å². The highest BCUT2D eigenvalue weighted by Crippen LogP contribution is 2.03. The third kappa shape index (κ3) is 5.39. The summed E-state index contributed by atoms with van der Waals surface area (Å²) in [7, 11) is -3.00. The van der Waals surface area contributed by atoms with E-state index >= 15 is 0 Å². The molecule has 0 aliphatic carbocycles. The first-order valence-electron chi connectivity index (χ1n) is 6.09. The monoisotopic (exact) mass is 289 g/mol. The fourth-order valence-electron chi connectivity index (χ4n) is 1.42. The Balaban J connectivity index is 2.58. The van der Waals surface area contributed by atoms with Gasteiger partial charge in [0.05, 0.1) is 11.9 Å². The molecule has 2 N–H and O–H groups in total. The van der Waals surface area contributed by atoms with Crippen LogP contribution in [-0.4, -0.2) is 42.9 Å². The Hall–Kier alpha value is -1.41. The fraction of sp³-hybridized carbons (Fsp3) is 0.636. The Morgan fingerprint density at radius 3 is 2.79 bits per heavy atom. The number of aromatic nitrogens is 2. The summed E-state index contributed by atoms with van der Waals surface area (Å²) in [6.45, 7) is 2.55. The van der Waals surface area contributed by atoms with Crippen LogP contribution >= 0.6 is 0 Å². The quantitative estimate of drug-likeness (QED) is 0.685. The summed E-state index contributed by atoms with van der Waals surface area (Å²) in [5.41, 5.74) is 4.96. The van der Waals surface area contributed by atoms with Gasteiger partial charge in [0.25, 0.3) is 5.56 Å². The molecule has 19 heavy (non-hydrogen) atoms. The minimum atomic E-state index is -3.00. The first kappa shape index (κ1) is 15.6. The highest BCUT2D eigenvalue weighted by molar-refractivity contribution is 7.91. The summed E-state index contributed by atoms with van der Waals surface area (Å²) in [6, 6.07) is 1.32. The van der Waals surface area contributed by atoms with Gasteiger partial charge in [-0.3, -0.25) is 4.79 Å². The molecule has 0 saturated carbocycles. The van der Waals surface area contributed by atoms with Gasteiger partial charge in [0, 0.05) is 24.9 Å². The minimum Gasteiger partial charge on any atom is -0.490 e. The van der Waals surface area contributed by atoms with Gasteiger partial charge in [0.2, 0.25) is 0 Å². The zero-order valence-electron chi connectivity index (χ0n) is 10.9. The average Bonchev–Trinajstić information content (AvgIpc) is 2.38. The number of nitrogens with zero attached hydrogens (tertiary/aromatic N) is 2. The van der Waals surface area contributed by atoms with Crippen molar-refractivity contribution in [1.82, 2.24) is 9.78 Å². The molecule has 1 aromatic rings. The molecule has 0 unspecified atom stereocenters. The lowest BCUT2D eigenvalue weighted by Crippen LogP contribution is -2.24. The van der Waals surface area contributed by atoms with Gasteiger partial charge in [-0.1, -0.05) is 6.92 Å². The van der Waals surface area contributed by atoms with Crippen molar-refractivity contribution in [3.63, 3.8) is 0 Å². The van der Waals surface area contributed by atoms with Crippen LogP contribution in [0.1, 0.15) is 13.3 Å². The molecule has 0 amide bonds. The fourth-order valence-corrected chi connectivity index (χ4v) is 2.28. The second-order valence-electron chi connectivity index (χ2n) is 3.98. The highest BCUT2D eigenvalue weighted by atomic mass is 32.2. The van der Waals surface area contributed by atoms with Crippen LogP contribution in [0.5, 0.6) is 5.75 Å². The molecule has 0 saturated heterocycles. The molecule has 0 bridgehead atoms. The van der Waals surface area contributed by atoms with Crippen LogP contribution in [-0.2, 0) is 16.4 Å². The maximum Gasteiger partial charge on any atom is 0.270 e. The van der Waals surface area contributed by atoms with Crippen LogP contribution in [0.2, 0.25) is 0 Å². The Morgan fingerprint density at radius 2 is 2.21 bits per heavy atom. The normalized spacial score (nSPS) is 11.5. The lowest BCUT2D eigenvalue weighted by molar-refractivity contribution is 0.323. The van der Waals surface area contributed by atoms with E-state index in [1.54, 1.807) is 6.92 Å². The van der Waals surface area contributed by atoms with Crippen molar-refractivity contribution in [1.29, 1.82) is 0 Å². The molecule has 1 heterocycles. The minimum absolute atomic E-state index is 0.0586. The first-order chi connectivity index (χ1) is 8.98. The van der Waals surface area contributed by atoms with Gasteiger partial charge < -0.3 is 10.5 Å². The van der Waals surface area contributed by atoms with Gasteiger partial charge in [0.1, 0.15) is 22.2 Å². The third-order valence-electron chi connectivity index (χ3n) is 2.50. The summed E-state index contributed by atoms with van der Waals surface area (Å²) in [5, 5.41) is 3.92. The molecule has 7 nitrogen and oxygen atoms in total. The molecule has 0 aliphatic rings. The van der Waals surface area contributed by atoms with E-state index in [2.05, 4.69) is 5.10 Å². The van der Waals surface area contributed by atoms with E-state index in [1.165, 1.54) is 16.9 Å². The van der Waals surface area contributed by atoms with Crippen molar-refractivity contribution in [2.45, 2.75) is 19.9 Å². The van der Waals surface area contributed by atoms with Crippen LogP contribution < -0.4 is 16.0 Å². The van der Waals surface area contributed by atoms with Crippen LogP contribution in [0.3, 0.4) is 0 Å². The Labute approximate surface area is 112 Å². The molecule has 0 atom stereocenters. The molecule has 0 spiro atoms. The predicted molar refractivity (Wildman–Crippen MR) is 72.0 cm³/mol. The maximum atomic E-state index is 11.7. The van der Waals surface area contributed by atoms with E-state index < -0.39 is 9.84 Å². The van der Waals surface area contributed by atoms with Crippen LogP contribution in [0.4, 0.5) is 0 Å². The Bertz CT molecular complexity index is 553. The van der Waals surface area contributed by atoms with Crippen LogP contribution in [0.15, 0.2) is 17.1 Å². The molecular weight excluding hydrogens is 270 g/mol. The molecule has 0 radical (unpaired) electrons. The largest absolute Gasteiger partial charge is 0.490 e. The van der Waals surface area contributed by atoms with E-state index in [-0.39, 0.29) is 23.6 Å². The lowest BCUT2D eigenvalue weighted by Gasteiger charge is -2.07. The van der Waals surface area contributed by atoms with E-state index in [1.807, 2.05) is 0 Å². The van der Waals surface area contributed by atoms with Crippen molar-refractivity contribution < 1.29 is 13.2 Å². The smallest absolute Gasteiger partial charge is 0.270 e. The summed E-state index contributed by atoms with van der Waals surface area (Å²) < 4.78 is 29.0. The summed E-state index contributed by atoms with van der Waals surface area (Å²) in [4.78, 5) is 11.7. The van der Waals surface area contributed by atoms with Crippen molar-refractivity contribution in [3.05, 3.63) is 22.6 Å². The van der Waals surface area contributed by atoms with Gasteiger partial charge in [-0.15, -0.1) is 0 Å². The highest BCUT2D eigenvalue weighted by Gasteiger charge is 2.08. The molecule has 0 aliphatic heterocycles. The van der Waals surface area contributed by atoms with E-state index in [0.29, 0.717) is 25.3 Å². The number of ether oxygens (including phenoxy) is 1. The zero-order valence-corrected chi connectivity index (χ0v) is 11.7. The lowest BCUT2D eigenvalue weighted by atomic mass is 10.4. The molecule has 1 aromatic heterocycles. The average molecular weight is 289 g/mol. The number of hydrogen-bond donors (Lipinski definition) is 1. The van der Waals surface area contributed by atoms with Crippen molar-refractivity contribution in [3.8, 4) is 5.75 Å². The number of aryl methyl sites for hydroxylation is 1.